The minimum absolute atomic E-state index is 0.0138. The van der Waals surface area contributed by atoms with Crippen molar-refractivity contribution in [3.8, 4) is 0 Å². The van der Waals surface area contributed by atoms with E-state index in [1.165, 1.54) is 0 Å². The van der Waals surface area contributed by atoms with Gasteiger partial charge in [0, 0.05) is 11.5 Å². The fraction of sp³-hybridized carbons (Fsp3) is 0.227. The molecule has 120 valence electrons. The van der Waals surface area contributed by atoms with Crippen molar-refractivity contribution in [1.82, 2.24) is 0 Å². The van der Waals surface area contributed by atoms with Gasteiger partial charge in [-0.2, -0.15) is 0 Å². The Labute approximate surface area is 142 Å². The highest BCUT2D eigenvalue weighted by Gasteiger charge is 2.45. The molecule has 0 aromatic heterocycles. The Balaban J connectivity index is 1.86. The lowest BCUT2D eigenvalue weighted by Gasteiger charge is -2.35. The summed E-state index contributed by atoms with van der Waals surface area (Å²) in [6.07, 6.45) is 3.99. The molecule has 0 radical (unpaired) electrons. The van der Waals surface area contributed by atoms with Crippen LogP contribution in [0.15, 0.2) is 84.0 Å². The Hall–Kier alpha value is -2.61. The molecule has 0 fully saturated rings. The van der Waals surface area contributed by atoms with Crippen LogP contribution in [-0.4, -0.2) is 5.97 Å². The second-order valence-electron chi connectivity index (χ2n) is 7.06. The monoisotopic (exact) mass is 316 g/mol. The summed E-state index contributed by atoms with van der Waals surface area (Å²) in [5, 5.41) is 0. The summed E-state index contributed by atoms with van der Waals surface area (Å²) >= 11 is 0. The topological polar surface area (TPSA) is 26.3 Å². The summed E-state index contributed by atoms with van der Waals surface area (Å²) < 4.78 is 5.78. The molecule has 4 rings (SSSR count). The Morgan fingerprint density at radius 1 is 0.875 bits per heavy atom. The fourth-order valence-corrected chi connectivity index (χ4v) is 3.84. The molecule has 24 heavy (non-hydrogen) atoms. The molecule has 0 bridgehead atoms. The predicted octanol–water partition coefficient (Wildman–Crippen LogP) is 4.96. The summed E-state index contributed by atoms with van der Waals surface area (Å²) in [6.45, 7) is 4.35. The number of ether oxygens (including phenoxy) is 1. The number of allylic oxidation sites excluding steroid dienone is 1. The van der Waals surface area contributed by atoms with Crippen LogP contribution in [0.4, 0.5) is 0 Å². The first-order valence-corrected chi connectivity index (χ1v) is 8.32. The van der Waals surface area contributed by atoms with E-state index in [-0.39, 0.29) is 23.4 Å². The highest BCUT2D eigenvalue weighted by molar-refractivity contribution is 5.96. The number of carbonyl (C=O) groups is 1. The molecular formula is C22H20O2. The summed E-state index contributed by atoms with van der Waals surface area (Å²) in [5.41, 5.74) is 3.85. The van der Waals surface area contributed by atoms with Crippen LogP contribution in [0.3, 0.4) is 0 Å². The summed E-state index contributed by atoms with van der Waals surface area (Å²) in [6, 6.07) is 20.2. The van der Waals surface area contributed by atoms with Gasteiger partial charge in [-0.15, -0.1) is 0 Å². The average Bonchev–Trinajstić information content (AvgIpc) is 2.92. The number of hydrogen-bond donors (Lipinski definition) is 0. The molecule has 2 nitrogen and oxygen atoms in total. The second-order valence-corrected chi connectivity index (χ2v) is 7.06. The Kier molecular flexibility index (Phi) is 3.42. The lowest BCUT2D eigenvalue weighted by molar-refractivity contribution is -0.140. The number of rotatable bonds is 2. The third kappa shape index (κ3) is 2.30. The summed E-state index contributed by atoms with van der Waals surface area (Å²) in [5.74, 6) is -0.176. The molecule has 2 aliphatic rings. The molecule has 0 saturated carbocycles. The first-order valence-electron chi connectivity index (χ1n) is 8.32. The van der Waals surface area contributed by atoms with Crippen LogP contribution in [-0.2, 0) is 9.53 Å². The molecule has 1 aliphatic carbocycles. The molecular weight excluding hydrogens is 296 g/mol. The van der Waals surface area contributed by atoms with Gasteiger partial charge in [0.15, 0.2) is 6.10 Å². The van der Waals surface area contributed by atoms with Crippen molar-refractivity contribution in [3.05, 3.63) is 95.1 Å². The van der Waals surface area contributed by atoms with Crippen LogP contribution >= 0.6 is 0 Å². The van der Waals surface area contributed by atoms with E-state index >= 15 is 0 Å². The van der Waals surface area contributed by atoms with Gasteiger partial charge in [0.1, 0.15) is 0 Å². The zero-order valence-electron chi connectivity index (χ0n) is 13.9. The zero-order chi connectivity index (χ0) is 16.7. The first kappa shape index (κ1) is 14.9. The van der Waals surface area contributed by atoms with Crippen molar-refractivity contribution in [3.63, 3.8) is 0 Å². The van der Waals surface area contributed by atoms with Crippen molar-refractivity contribution in [1.29, 1.82) is 0 Å². The van der Waals surface area contributed by atoms with E-state index in [0.29, 0.717) is 0 Å². The lowest BCUT2D eigenvalue weighted by atomic mass is 9.66. The van der Waals surface area contributed by atoms with Gasteiger partial charge in [0.25, 0.3) is 0 Å². The van der Waals surface area contributed by atoms with Gasteiger partial charge in [-0.1, -0.05) is 86.7 Å². The molecule has 2 atom stereocenters. The fourth-order valence-electron chi connectivity index (χ4n) is 3.84. The highest BCUT2D eigenvalue weighted by atomic mass is 16.5. The van der Waals surface area contributed by atoms with Gasteiger partial charge in [-0.05, 0) is 16.5 Å². The third-order valence-electron chi connectivity index (χ3n) is 5.00. The van der Waals surface area contributed by atoms with E-state index in [0.717, 1.165) is 22.3 Å². The van der Waals surface area contributed by atoms with Crippen LogP contribution in [0.5, 0.6) is 0 Å². The maximum absolute atomic E-state index is 12.7. The number of cyclic esters (lactones) is 1. The van der Waals surface area contributed by atoms with E-state index < -0.39 is 0 Å². The Morgan fingerprint density at radius 3 is 2.08 bits per heavy atom. The second kappa shape index (κ2) is 5.48. The third-order valence-corrected chi connectivity index (χ3v) is 5.00. The largest absolute Gasteiger partial charge is 0.449 e. The minimum atomic E-state index is -0.299. The number of benzene rings is 2. The predicted molar refractivity (Wildman–Crippen MR) is 94.4 cm³/mol. The molecule has 1 heterocycles. The van der Waals surface area contributed by atoms with Gasteiger partial charge in [0.05, 0.1) is 5.57 Å². The van der Waals surface area contributed by atoms with Gasteiger partial charge < -0.3 is 4.74 Å². The standard InChI is InChI=1S/C22H20O2/c1-22(2)14-13-17-18(19(22)15-9-5-3-6-10-15)21(23)24-20(17)16-11-7-4-8-12-16/h3-14,19-20H,1-2H3. The zero-order valence-corrected chi connectivity index (χ0v) is 13.9. The normalized spacial score (nSPS) is 24.7. The van der Waals surface area contributed by atoms with E-state index in [2.05, 4.69) is 38.1 Å². The van der Waals surface area contributed by atoms with Crippen molar-refractivity contribution in [2.45, 2.75) is 25.9 Å². The van der Waals surface area contributed by atoms with Crippen molar-refractivity contribution in [2.24, 2.45) is 5.41 Å². The van der Waals surface area contributed by atoms with E-state index in [9.17, 15) is 4.79 Å². The van der Waals surface area contributed by atoms with Gasteiger partial charge in [0.2, 0.25) is 0 Å². The Bertz CT molecular complexity index is 829. The number of esters is 1. The molecule has 2 unspecified atom stereocenters. The molecule has 0 spiro atoms. The maximum Gasteiger partial charge on any atom is 0.336 e. The van der Waals surface area contributed by atoms with Crippen LogP contribution < -0.4 is 0 Å². The van der Waals surface area contributed by atoms with E-state index in [4.69, 9.17) is 4.74 Å². The minimum Gasteiger partial charge on any atom is -0.449 e. The van der Waals surface area contributed by atoms with E-state index in [1.807, 2.05) is 48.5 Å². The highest BCUT2D eigenvalue weighted by Crippen LogP contribution is 2.52. The van der Waals surface area contributed by atoms with Crippen molar-refractivity contribution in [2.75, 3.05) is 0 Å². The SMILES string of the molecule is CC1(C)C=CC2=C(C(=O)OC2c2ccccc2)C1c1ccccc1. The van der Waals surface area contributed by atoms with E-state index in [1.54, 1.807) is 0 Å². The lowest BCUT2D eigenvalue weighted by Crippen LogP contribution is -2.27. The summed E-state index contributed by atoms with van der Waals surface area (Å²) in [4.78, 5) is 12.7. The van der Waals surface area contributed by atoms with Crippen LogP contribution in [0.2, 0.25) is 0 Å². The Morgan fingerprint density at radius 2 is 1.46 bits per heavy atom. The molecule has 0 N–H and O–H groups in total. The van der Waals surface area contributed by atoms with Crippen LogP contribution in [0.25, 0.3) is 0 Å². The van der Waals surface area contributed by atoms with Gasteiger partial charge >= 0.3 is 5.97 Å². The molecule has 1 aliphatic heterocycles. The number of hydrogen-bond acceptors (Lipinski definition) is 2. The number of carbonyl (C=O) groups excluding carboxylic acids is 1. The summed E-state index contributed by atoms with van der Waals surface area (Å²) in [7, 11) is 0. The van der Waals surface area contributed by atoms with Gasteiger partial charge in [-0.3, -0.25) is 0 Å². The molecule has 0 amide bonds. The molecule has 2 heteroatoms. The first-order chi connectivity index (χ1) is 11.6. The quantitative estimate of drug-likeness (QED) is 0.732. The van der Waals surface area contributed by atoms with Crippen LogP contribution in [0, 0.1) is 5.41 Å². The molecule has 0 saturated heterocycles. The molecule has 2 aromatic carbocycles. The van der Waals surface area contributed by atoms with Crippen molar-refractivity contribution >= 4 is 5.97 Å². The van der Waals surface area contributed by atoms with Crippen molar-refractivity contribution < 1.29 is 9.53 Å². The van der Waals surface area contributed by atoms with Crippen LogP contribution in [0.1, 0.15) is 37.0 Å². The molecule has 2 aromatic rings. The maximum atomic E-state index is 12.7. The van der Waals surface area contributed by atoms with Gasteiger partial charge in [-0.25, -0.2) is 4.79 Å². The smallest absolute Gasteiger partial charge is 0.336 e. The average molecular weight is 316 g/mol.